The highest BCUT2D eigenvalue weighted by Crippen LogP contribution is 2.29. The van der Waals surface area contributed by atoms with E-state index in [1.165, 1.54) is 12.1 Å². The third kappa shape index (κ3) is 3.96. The lowest BCUT2D eigenvalue weighted by Gasteiger charge is -2.26. The molecule has 2 aromatic carbocycles. The van der Waals surface area contributed by atoms with Crippen molar-refractivity contribution in [2.24, 2.45) is 0 Å². The summed E-state index contributed by atoms with van der Waals surface area (Å²) in [5.41, 5.74) is 1.97. The van der Waals surface area contributed by atoms with Crippen molar-refractivity contribution < 1.29 is 4.39 Å². The molecule has 0 heterocycles. The van der Waals surface area contributed by atoms with Crippen LogP contribution in [0.3, 0.4) is 0 Å². The minimum atomic E-state index is -0.219. The third-order valence-corrected chi connectivity index (χ3v) is 4.20. The normalized spacial score (nSPS) is 13.7. The zero-order chi connectivity index (χ0) is 15.5. The summed E-state index contributed by atoms with van der Waals surface area (Å²) in [6.07, 6.45) is 2.28. The zero-order valence-electron chi connectivity index (χ0n) is 11.9. The molecule has 0 radical (unpaired) electrons. The van der Waals surface area contributed by atoms with Crippen LogP contribution in [-0.2, 0) is 6.54 Å². The molecule has 3 rings (SSSR count). The summed E-state index contributed by atoms with van der Waals surface area (Å²) in [5.74, 6) is -0.219. The number of halogens is 2. The summed E-state index contributed by atoms with van der Waals surface area (Å²) in [4.78, 5) is 2.16. The van der Waals surface area contributed by atoms with Crippen LogP contribution in [0.5, 0.6) is 0 Å². The van der Waals surface area contributed by atoms with Gasteiger partial charge in [-0.3, -0.25) is 0 Å². The smallest absolute Gasteiger partial charge is 0.173 e. The summed E-state index contributed by atoms with van der Waals surface area (Å²) < 4.78 is 13.0. The van der Waals surface area contributed by atoms with Gasteiger partial charge < -0.3 is 10.2 Å². The van der Waals surface area contributed by atoms with E-state index < -0.39 is 0 Å². The van der Waals surface area contributed by atoms with Crippen molar-refractivity contribution in [2.75, 3.05) is 5.32 Å². The molecule has 0 bridgehead atoms. The first-order chi connectivity index (χ1) is 10.6. The van der Waals surface area contributed by atoms with E-state index in [-0.39, 0.29) is 5.82 Å². The van der Waals surface area contributed by atoms with Crippen molar-refractivity contribution in [3.05, 3.63) is 64.9 Å². The van der Waals surface area contributed by atoms with Gasteiger partial charge in [0.25, 0.3) is 0 Å². The van der Waals surface area contributed by atoms with Crippen LogP contribution >= 0.6 is 23.8 Å². The predicted octanol–water partition coefficient (Wildman–Crippen LogP) is 4.84. The third-order valence-electron chi connectivity index (χ3n) is 3.61. The van der Waals surface area contributed by atoms with Crippen molar-refractivity contribution >= 4 is 34.6 Å². The standard InChI is InChI=1S/C17H16ClFN2S/c18-13-3-7-15(8-4-13)20-17(22)21(16-9-10-16)11-12-1-5-14(19)6-2-12/h1-8,16H,9-11H2,(H,20,22). The van der Waals surface area contributed by atoms with Gasteiger partial charge in [0.2, 0.25) is 0 Å². The molecule has 1 aliphatic carbocycles. The Labute approximate surface area is 139 Å². The molecule has 2 aromatic rings. The first-order valence-corrected chi connectivity index (χ1v) is 7.98. The van der Waals surface area contributed by atoms with Gasteiger partial charge in [-0.25, -0.2) is 4.39 Å². The van der Waals surface area contributed by atoms with Gasteiger partial charge in [-0.15, -0.1) is 0 Å². The molecule has 5 heteroatoms. The fourth-order valence-electron chi connectivity index (χ4n) is 2.27. The Hall–Kier alpha value is -1.65. The molecule has 1 fully saturated rings. The van der Waals surface area contributed by atoms with Crippen LogP contribution < -0.4 is 5.32 Å². The molecule has 0 aliphatic heterocycles. The minimum absolute atomic E-state index is 0.219. The second-order valence-electron chi connectivity index (χ2n) is 5.42. The number of benzene rings is 2. The van der Waals surface area contributed by atoms with Crippen molar-refractivity contribution in [3.63, 3.8) is 0 Å². The van der Waals surface area contributed by atoms with E-state index in [2.05, 4.69) is 10.2 Å². The molecule has 0 saturated heterocycles. The van der Waals surface area contributed by atoms with Gasteiger partial charge in [0.15, 0.2) is 5.11 Å². The molecular formula is C17H16ClFN2S. The van der Waals surface area contributed by atoms with Gasteiger partial charge in [0.1, 0.15) is 5.82 Å². The van der Waals surface area contributed by atoms with Crippen LogP contribution in [-0.4, -0.2) is 16.1 Å². The van der Waals surface area contributed by atoms with E-state index in [1.807, 2.05) is 24.3 Å². The lowest BCUT2D eigenvalue weighted by atomic mass is 10.2. The van der Waals surface area contributed by atoms with Gasteiger partial charge in [0.05, 0.1) is 0 Å². The molecule has 0 aromatic heterocycles. The van der Waals surface area contributed by atoms with E-state index in [9.17, 15) is 4.39 Å². The van der Waals surface area contributed by atoms with Crippen molar-refractivity contribution in [1.29, 1.82) is 0 Å². The quantitative estimate of drug-likeness (QED) is 0.805. The molecule has 2 nitrogen and oxygen atoms in total. The Morgan fingerprint density at radius 1 is 1.14 bits per heavy atom. The number of anilines is 1. The summed E-state index contributed by atoms with van der Waals surface area (Å²) in [6, 6.07) is 14.5. The monoisotopic (exact) mass is 334 g/mol. The molecule has 0 amide bonds. The molecule has 22 heavy (non-hydrogen) atoms. The minimum Gasteiger partial charge on any atom is -0.342 e. The average molecular weight is 335 g/mol. The highest BCUT2D eigenvalue weighted by molar-refractivity contribution is 7.80. The topological polar surface area (TPSA) is 15.3 Å². The Morgan fingerprint density at radius 2 is 1.77 bits per heavy atom. The second kappa shape index (κ2) is 6.63. The molecule has 1 aliphatic rings. The Balaban J connectivity index is 1.69. The van der Waals surface area contributed by atoms with Crippen LogP contribution in [0.25, 0.3) is 0 Å². The number of nitrogens with zero attached hydrogens (tertiary/aromatic N) is 1. The van der Waals surface area contributed by atoms with Gasteiger partial charge in [0, 0.05) is 23.3 Å². The first kappa shape index (κ1) is 15.3. The number of hydrogen-bond donors (Lipinski definition) is 1. The van der Waals surface area contributed by atoms with Gasteiger partial charge in [-0.05, 0) is 67.0 Å². The fourth-order valence-corrected chi connectivity index (χ4v) is 2.73. The van der Waals surface area contributed by atoms with E-state index in [4.69, 9.17) is 23.8 Å². The maximum atomic E-state index is 13.0. The van der Waals surface area contributed by atoms with E-state index >= 15 is 0 Å². The van der Waals surface area contributed by atoms with Crippen molar-refractivity contribution in [1.82, 2.24) is 4.90 Å². The molecule has 0 spiro atoms. The van der Waals surface area contributed by atoms with Crippen molar-refractivity contribution in [3.8, 4) is 0 Å². The first-order valence-electron chi connectivity index (χ1n) is 7.19. The lowest BCUT2D eigenvalue weighted by Crippen LogP contribution is -2.36. The Kier molecular flexibility index (Phi) is 4.60. The van der Waals surface area contributed by atoms with E-state index in [1.54, 1.807) is 12.1 Å². The lowest BCUT2D eigenvalue weighted by molar-refractivity contribution is 0.409. The molecular weight excluding hydrogens is 319 g/mol. The van der Waals surface area contributed by atoms with Gasteiger partial charge in [-0.2, -0.15) is 0 Å². The number of hydrogen-bond acceptors (Lipinski definition) is 1. The average Bonchev–Trinajstić information content (AvgIpc) is 3.33. The maximum absolute atomic E-state index is 13.0. The van der Waals surface area contributed by atoms with Gasteiger partial charge >= 0.3 is 0 Å². The molecule has 1 saturated carbocycles. The fraction of sp³-hybridized carbons (Fsp3) is 0.235. The molecule has 114 valence electrons. The van der Waals surface area contributed by atoms with Crippen LogP contribution in [0, 0.1) is 5.82 Å². The number of rotatable bonds is 4. The SMILES string of the molecule is Fc1ccc(CN(C(=S)Nc2ccc(Cl)cc2)C2CC2)cc1. The molecule has 0 atom stereocenters. The summed E-state index contributed by atoms with van der Waals surface area (Å²) >= 11 is 11.4. The van der Waals surface area contributed by atoms with Crippen LogP contribution in [0.15, 0.2) is 48.5 Å². The number of thiocarbonyl (C=S) groups is 1. The molecule has 0 unspecified atom stereocenters. The summed E-state index contributed by atoms with van der Waals surface area (Å²) in [5, 5.41) is 4.63. The second-order valence-corrected chi connectivity index (χ2v) is 6.25. The van der Waals surface area contributed by atoms with Crippen LogP contribution in [0.1, 0.15) is 18.4 Å². The van der Waals surface area contributed by atoms with E-state index in [0.717, 1.165) is 24.1 Å². The zero-order valence-corrected chi connectivity index (χ0v) is 13.5. The Morgan fingerprint density at radius 3 is 2.36 bits per heavy atom. The predicted molar refractivity (Wildman–Crippen MR) is 92.6 cm³/mol. The number of nitrogens with one attached hydrogen (secondary N) is 1. The largest absolute Gasteiger partial charge is 0.342 e. The van der Waals surface area contributed by atoms with Crippen molar-refractivity contribution in [2.45, 2.75) is 25.4 Å². The van der Waals surface area contributed by atoms with E-state index in [0.29, 0.717) is 22.7 Å². The van der Waals surface area contributed by atoms with Crippen LogP contribution in [0.4, 0.5) is 10.1 Å². The maximum Gasteiger partial charge on any atom is 0.173 e. The highest BCUT2D eigenvalue weighted by atomic mass is 35.5. The van der Waals surface area contributed by atoms with Gasteiger partial charge in [-0.1, -0.05) is 23.7 Å². The highest BCUT2D eigenvalue weighted by Gasteiger charge is 2.30. The summed E-state index contributed by atoms with van der Waals surface area (Å²) in [6.45, 7) is 0.685. The Bertz CT molecular complexity index is 653. The van der Waals surface area contributed by atoms with Crippen LogP contribution in [0.2, 0.25) is 5.02 Å². The summed E-state index contributed by atoms with van der Waals surface area (Å²) in [7, 11) is 0. The molecule has 1 N–H and O–H groups in total.